The topological polar surface area (TPSA) is 58.8 Å². The summed E-state index contributed by atoms with van der Waals surface area (Å²) in [6.45, 7) is 9.36. The molecule has 0 aromatic heterocycles. The standard InChI is InChI=1S/C21H33N3O2/c1-16-14-23(15-17(2)26-16)10-7-18-8-11-24(12-9-18)21(25)13-19-3-5-20(22)6-4-19/h3-6,16-18H,7-15,22H2,1-2H3. The number of nitrogens with zero attached hydrogens (tertiary/aromatic N) is 2. The molecule has 2 heterocycles. The maximum Gasteiger partial charge on any atom is 0.226 e. The van der Waals surface area contributed by atoms with Gasteiger partial charge in [0.05, 0.1) is 18.6 Å². The summed E-state index contributed by atoms with van der Waals surface area (Å²) in [5, 5.41) is 0. The van der Waals surface area contributed by atoms with E-state index in [2.05, 4.69) is 18.7 Å². The molecule has 1 aromatic rings. The Hall–Kier alpha value is -1.59. The molecule has 2 fully saturated rings. The highest BCUT2D eigenvalue weighted by Gasteiger charge is 2.25. The van der Waals surface area contributed by atoms with Crippen molar-refractivity contribution in [3.8, 4) is 0 Å². The van der Waals surface area contributed by atoms with Crippen LogP contribution in [0, 0.1) is 5.92 Å². The van der Waals surface area contributed by atoms with Crippen LogP contribution in [0.1, 0.15) is 38.7 Å². The maximum absolute atomic E-state index is 12.5. The predicted molar refractivity (Wildman–Crippen MR) is 105 cm³/mol. The minimum Gasteiger partial charge on any atom is -0.399 e. The molecule has 5 heteroatoms. The fourth-order valence-electron chi connectivity index (χ4n) is 4.23. The minimum absolute atomic E-state index is 0.240. The Kier molecular flexibility index (Phi) is 6.54. The summed E-state index contributed by atoms with van der Waals surface area (Å²) < 4.78 is 5.81. The van der Waals surface area contributed by atoms with Crippen molar-refractivity contribution >= 4 is 11.6 Å². The summed E-state index contributed by atoms with van der Waals surface area (Å²) in [5.41, 5.74) is 7.49. The Morgan fingerprint density at radius 1 is 1.12 bits per heavy atom. The van der Waals surface area contributed by atoms with Crippen molar-refractivity contribution in [2.24, 2.45) is 5.92 Å². The third-order valence-electron chi connectivity index (χ3n) is 5.65. The first-order chi connectivity index (χ1) is 12.5. The summed E-state index contributed by atoms with van der Waals surface area (Å²) in [5.74, 6) is 0.980. The minimum atomic E-state index is 0.240. The number of nitrogen functional groups attached to an aromatic ring is 1. The molecule has 2 aliphatic rings. The largest absolute Gasteiger partial charge is 0.399 e. The lowest BCUT2D eigenvalue weighted by molar-refractivity contribution is -0.131. The predicted octanol–water partition coefficient (Wildman–Crippen LogP) is 2.55. The summed E-state index contributed by atoms with van der Waals surface area (Å²) in [7, 11) is 0. The molecule has 0 bridgehead atoms. The lowest BCUT2D eigenvalue weighted by Gasteiger charge is -2.37. The number of likely N-dealkylation sites (tertiary alicyclic amines) is 1. The SMILES string of the molecule is CC1CN(CCC2CCN(C(=O)Cc3ccc(N)cc3)CC2)CC(C)O1. The summed E-state index contributed by atoms with van der Waals surface area (Å²) in [6.07, 6.45) is 4.65. The van der Waals surface area contributed by atoms with Crippen LogP contribution in [0.4, 0.5) is 5.69 Å². The van der Waals surface area contributed by atoms with Gasteiger partial charge < -0.3 is 15.4 Å². The van der Waals surface area contributed by atoms with Crippen molar-refractivity contribution in [2.75, 3.05) is 38.5 Å². The Balaban J connectivity index is 1.38. The van der Waals surface area contributed by atoms with Crippen LogP contribution in [0.15, 0.2) is 24.3 Å². The number of morpholine rings is 1. The van der Waals surface area contributed by atoms with Gasteiger partial charge >= 0.3 is 0 Å². The lowest BCUT2D eigenvalue weighted by atomic mass is 9.93. The number of rotatable bonds is 5. The quantitative estimate of drug-likeness (QED) is 0.821. The summed E-state index contributed by atoms with van der Waals surface area (Å²) >= 11 is 0. The van der Waals surface area contributed by atoms with Crippen molar-refractivity contribution in [1.82, 2.24) is 9.80 Å². The molecule has 1 amide bonds. The van der Waals surface area contributed by atoms with Crippen LogP contribution in [-0.4, -0.2) is 60.6 Å². The average Bonchev–Trinajstić information content (AvgIpc) is 2.61. The molecule has 0 saturated carbocycles. The van der Waals surface area contributed by atoms with E-state index in [4.69, 9.17) is 10.5 Å². The molecule has 2 N–H and O–H groups in total. The van der Waals surface area contributed by atoms with Gasteiger partial charge in [0.15, 0.2) is 0 Å². The second-order valence-corrected chi connectivity index (χ2v) is 8.05. The highest BCUT2D eigenvalue weighted by Crippen LogP contribution is 2.22. The molecule has 0 spiro atoms. The second-order valence-electron chi connectivity index (χ2n) is 8.05. The lowest BCUT2D eigenvalue weighted by Crippen LogP contribution is -2.46. The van der Waals surface area contributed by atoms with E-state index < -0.39 is 0 Å². The number of ether oxygens (including phenoxy) is 1. The fourth-order valence-corrected chi connectivity index (χ4v) is 4.23. The molecule has 2 saturated heterocycles. The van der Waals surface area contributed by atoms with Gasteiger partial charge in [0.2, 0.25) is 5.91 Å². The van der Waals surface area contributed by atoms with Gasteiger partial charge in [-0.05, 0) is 63.3 Å². The smallest absolute Gasteiger partial charge is 0.226 e. The van der Waals surface area contributed by atoms with Gasteiger partial charge in [-0.25, -0.2) is 0 Å². The Labute approximate surface area is 157 Å². The average molecular weight is 360 g/mol. The molecular formula is C21H33N3O2. The van der Waals surface area contributed by atoms with Gasteiger partial charge in [-0.1, -0.05) is 12.1 Å². The van der Waals surface area contributed by atoms with Crippen LogP contribution in [0.25, 0.3) is 0 Å². The molecule has 1 aromatic carbocycles. The molecule has 5 nitrogen and oxygen atoms in total. The number of carbonyl (C=O) groups is 1. The van der Waals surface area contributed by atoms with Crippen molar-refractivity contribution < 1.29 is 9.53 Å². The zero-order valence-corrected chi connectivity index (χ0v) is 16.2. The van der Waals surface area contributed by atoms with Crippen molar-refractivity contribution in [1.29, 1.82) is 0 Å². The Bertz CT molecular complexity index is 571. The van der Waals surface area contributed by atoms with Gasteiger partial charge in [0.1, 0.15) is 0 Å². The van der Waals surface area contributed by atoms with E-state index in [-0.39, 0.29) is 5.91 Å². The van der Waals surface area contributed by atoms with Gasteiger partial charge in [-0.15, -0.1) is 0 Å². The van der Waals surface area contributed by atoms with Crippen molar-refractivity contribution in [3.05, 3.63) is 29.8 Å². The zero-order chi connectivity index (χ0) is 18.5. The van der Waals surface area contributed by atoms with Crippen molar-refractivity contribution in [3.63, 3.8) is 0 Å². The van der Waals surface area contributed by atoms with Crippen LogP contribution < -0.4 is 5.73 Å². The molecule has 144 valence electrons. The monoisotopic (exact) mass is 359 g/mol. The number of hydrogen-bond acceptors (Lipinski definition) is 4. The number of nitrogens with two attached hydrogens (primary N) is 1. The zero-order valence-electron chi connectivity index (χ0n) is 16.2. The number of carbonyl (C=O) groups excluding carboxylic acids is 1. The highest BCUT2D eigenvalue weighted by atomic mass is 16.5. The van der Waals surface area contributed by atoms with Gasteiger partial charge in [-0.3, -0.25) is 9.69 Å². The first-order valence-corrected chi connectivity index (χ1v) is 9.99. The number of hydrogen-bond donors (Lipinski definition) is 1. The number of anilines is 1. The van der Waals surface area contributed by atoms with E-state index in [0.717, 1.165) is 62.7 Å². The van der Waals surface area contributed by atoms with E-state index in [0.29, 0.717) is 18.6 Å². The van der Waals surface area contributed by atoms with Gasteiger partial charge in [0, 0.05) is 31.9 Å². The second kappa shape index (κ2) is 8.87. The van der Waals surface area contributed by atoms with Gasteiger partial charge in [-0.2, -0.15) is 0 Å². The van der Waals surface area contributed by atoms with Gasteiger partial charge in [0.25, 0.3) is 0 Å². The molecule has 0 radical (unpaired) electrons. The molecule has 26 heavy (non-hydrogen) atoms. The first kappa shape index (κ1) is 19.2. The van der Waals surface area contributed by atoms with E-state index in [1.807, 2.05) is 29.2 Å². The molecular weight excluding hydrogens is 326 g/mol. The third-order valence-corrected chi connectivity index (χ3v) is 5.65. The van der Waals surface area contributed by atoms with Crippen molar-refractivity contribution in [2.45, 2.75) is 51.7 Å². The molecule has 2 atom stereocenters. The van der Waals surface area contributed by atoms with E-state index in [9.17, 15) is 4.79 Å². The summed E-state index contributed by atoms with van der Waals surface area (Å²) in [4.78, 5) is 17.1. The molecule has 3 rings (SSSR count). The third kappa shape index (κ3) is 5.45. The number of amides is 1. The molecule has 2 unspecified atom stereocenters. The Morgan fingerprint density at radius 3 is 2.35 bits per heavy atom. The molecule has 0 aliphatic carbocycles. The number of benzene rings is 1. The van der Waals surface area contributed by atoms with Crippen LogP contribution >= 0.6 is 0 Å². The first-order valence-electron chi connectivity index (χ1n) is 9.99. The Morgan fingerprint density at radius 2 is 1.73 bits per heavy atom. The van der Waals surface area contributed by atoms with E-state index in [1.54, 1.807) is 0 Å². The van der Waals surface area contributed by atoms with E-state index >= 15 is 0 Å². The number of piperidine rings is 1. The normalized spacial score (nSPS) is 25.4. The van der Waals surface area contributed by atoms with Crippen LogP contribution in [0.5, 0.6) is 0 Å². The van der Waals surface area contributed by atoms with Crippen LogP contribution in [0.3, 0.4) is 0 Å². The maximum atomic E-state index is 12.5. The van der Waals surface area contributed by atoms with E-state index in [1.165, 1.54) is 6.42 Å². The van der Waals surface area contributed by atoms with Crippen LogP contribution in [-0.2, 0) is 16.0 Å². The molecule has 2 aliphatic heterocycles. The highest BCUT2D eigenvalue weighted by molar-refractivity contribution is 5.79. The van der Waals surface area contributed by atoms with Crippen LogP contribution in [0.2, 0.25) is 0 Å². The fraction of sp³-hybridized carbons (Fsp3) is 0.667. The summed E-state index contributed by atoms with van der Waals surface area (Å²) in [6, 6.07) is 7.62.